The standard InChI is InChI=1S/C32H33N5O5/c38-29-11-9-27(31(40)34-29)37-18-22-16-23(6-7-25(22)32(37)41)42-24-12-14-35(19-24)17-20-4-8-26-21(15-20)5-10-28(33-26)36-13-2-1-3-30(36)39/h4-8,10,15-16,24,27H,1-3,9,11-14,17-19H2,(H,34,38,40)/t24-,27?/m0/s1. The lowest BCUT2D eigenvalue weighted by molar-refractivity contribution is -0.137. The first-order valence-corrected chi connectivity index (χ1v) is 14.8. The molecule has 4 aliphatic rings. The van der Waals surface area contributed by atoms with E-state index in [1.807, 2.05) is 24.3 Å². The first-order chi connectivity index (χ1) is 20.4. The van der Waals surface area contributed by atoms with Crippen molar-refractivity contribution in [2.75, 3.05) is 24.5 Å². The van der Waals surface area contributed by atoms with Crippen LogP contribution in [0.25, 0.3) is 10.9 Å². The van der Waals surface area contributed by atoms with Crippen molar-refractivity contribution < 1.29 is 23.9 Å². The van der Waals surface area contributed by atoms with Crippen LogP contribution in [0.5, 0.6) is 5.75 Å². The zero-order valence-corrected chi connectivity index (χ0v) is 23.4. The molecule has 10 heteroatoms. The number of nitrogens with one attached hydrogen (secondary N) is 1. The van der Waals surface area contributed by atoms with Crippen LogP contribution in [0.1, 0.15) is 60.0 Å². The number of benzene rings is 2. The number of piperidine rings is 2. The molecule has 7 rings (SSSR count). The maximum Gasteiger partial charge on any atom is 0.255 e. The number of pyridine rings is 1. The number of hydrogen-bond donors (Lipinski definition) is 1. The molecule has 216 valence electrons. The van der Waals surface area contributed by atoms with Crippen LogP contribution in [-0.2, 0) is 27.5 Å². The molecular formula is C32H33N5O5. The maximum absolute atomic E-state index is 13.0. The fraction of sp³-hybridized carbons (Fsp3) is 0.406. The van der Waals surface area contributed by atoms with Gasteiger partial charge in [-0.15, -0.1) is 0 Å². The van der Waals surface area contributed by atoms with E-state index in [1.165, 1.54) is 5.56 Å². The Hall–Kier alpha value is -4.31. The molecule has 4 aliphatic heterocycles. The highest BCUT2D eigenvalue weighted by Gasteiger charge is 2.39. The Balaban J connectivity index is 0.964. The number of aromatic nitrogens is 1. The number of carbonyl (C=O) groups excluding carboxylic acids is 4. The summed E-state index contributed by atoms with van der Waals surface area (Å²) in [7, 11) is 0. The number of amides is 4. The zero-order chi connectivity index (χ0) is 28.8. The van der Waals surface area contributed by atoms with Crippen molar-refractivity contribution >= 4 is 40.3 Å². The summed E-state index contributed by atoms with van der Waals surface area (Å²) in [5.41, 5.74) is 3.52. The molecule has 3 fully saturated rings. The maximum atomic E-state index is 13.0. The number of rotatable bonds is 6. The molecule has 3 aromatic rings. The van der Waals surface area contributed by atoms with Gasteiger partial charge in [0.25, 0.3) is 5.91 Å². The average Bonchev–Trinajstić information content (AvgIpc) is 3.56. The van der Waals surface area contributed by atoms with Crippen LogP contribution in [0.4, 0.5) is 5.82 Å². The number of ether oxygens (including phenoxy) is 1. The van der Waals surface area contributed by atoms with Gasteiger partial charge in [0.2, 0.25) is 17.7 Å². The van der Waals surface area contributed by atoms with E-state index in [9.17, 15) is 19.2 Å². The van der Waals surface area contributed by atoms with Crippen LogP contribution in [0.3, 0.4) is 0 Å². The molecule has 0 aliphatic carbocycles. The van der Waals surface area contributed by atoms with E-state index in [1.54, 1.807) is 15.9 Å². The highest BCUT2D eigenvalue weighted by Crippen LogP contribution is 2.31. The van der Waals surface area contributed by atoms with E-state index >= 15 is 0 Å². The van der Waals surface area contributed by atoms with Gasteiger partial charge in [-0.3, -0.25) is 34.3 Å². The third-order valence-electron chi connectivity index (χ3n) is 8.77. The molecule has 2 atom stereocenters. The second-order valence-corrected chi connectivity index (χ2v) is 11.7. The quantitative estimate of drug-likeness (QED) is 0.456. The summed E-state index contributed by atoms with van der Waals surface area (Å²) in [6, 6.07) is 15.2. The highest BCUT2D eigenvalue weighted by atomic mass is 16.5. The topological polar surface area (TPSA) is 112 Å². The minimum absolute atomic E-state index is 0.0400. The lowest BCUT2D eigenvalue weighted by atomic mass is 10.0. The first kappa shape index (κ1) is 26.6. The minimum atomic E-state index is -0.623. The molecule has 0 radical (unpaired) electrons. The molecule has 1 aromatic heterocycles. The molecule has 5 heterocycles. The van der Waals surface area contributed by atoms with Crippen LogP contribution in [0, 0.1) is 0 Å². The number of likely N-dealkylation sites (tertiary alicyclic amines) is 1. The van der Waals surface area contributed by atoms with E-state index in [0.717, 1.165) is 73.5 Å². The van der Waals surface area contributed by atoms with Gasteiger partial charge in [-0.25, -0.2) is 4.98 Å². The van der Waals surface area contributed by atoms with Gasteiger partial charge >= 0.3 is 0 Å². The number of anilines is 1. The SMILES string of the molecule is O=C1CCC(N2Cc3cc(O[C@H]4CCN(Cc5ccc6nc(N7CCCCC7=O)ccc6c5)C4)ccc3C2=O)C(=O)N1. The van der Waals surface area contributed by atoms with Crippen LogP contribution < -0.4 is 15.0 Å². The van der Waals surface area contributed by atoms with Gasteiger partial charge in [0.15, 0.2) is 0 Å². The number of carbonyl (C=O) groups is 4. The molecule has 42 heavy (non-hydrogen) atoms. The predicted octanol–water partition coefficient (Wildman–Crippen LogP) is 3.17. The number of nitrogens with zero attached hydrogens (tertiary/aromatic N) is 4. The Labute approximate surface area is 243 Å². The van der Waals surface area contributed by atoms with Crippen molar-refractivity contribution in [3.05, 3.63) is 65.2 Å². The zero-order valence-electron chi connectivity index (χ0n) is 23.4. The van der Waals surface area contributed by atoms with Crippen LogP contribution >= 0.6 is 0 Å². The molecular weight excluding hydrogens is 534 g/mol. The van der Waals surface area contributed by atoms with Crippen LogP contribution in [0.15, 0.2) is 48.5 Å². The Kier molecular flexibility index (Phi) is 6.85. The van der Waals surface area contributed by atoms with E-state index in [0.29, 0.717) is 24.9 Å². The summed E-state index contributed by atoms with van der Waals surface area (Å²) in [4.78, 5) is 59.6. The second kappa shape index (κ2) is 10.8. The first-order valence-electron chi connectivity index (χ1n) is 14.8. The van der Waals surface area contributed by atoms with Gasteiger partial charge in [-0.2, -0.15) is 0 Å². The van der Waals surface area contributed by atoms with Gasteiger partial charge in [-0.05, 0) is 79.3 Å². The van der Waals surface area contributed by atoms with Gasteiger partial charge in [0.1, 0.15) is 23.7 Å². The van der Waals surface area contributed by atoms with Crippen molar-refractivity contribution in [2.45, 2.75) is 63.8 Å². The average molecular weight is 568 g/mol. The van der Waals surface area contributed by atoms with E-state index in [4.69, 9.17) is 9.72 Å². The van der Waals surface area contributed by atoms with Crippen molar-refractivity contribution in [1.29, 1.82) is 0 Å². The third kappa shape index (κ3) is 5.11. The lowest BCUT2D eigenvalue weighted by Crippen LogP contribution is -2.52. The monoisotopic (exact) mass is 567 g/mol. The summed E-state index contributed by atoms with van der Waals surface area (Å²) in [5, 5.41) is 3.40. The smallest absolute Gasteiger partial charge is 0.255 e. The van der Waals surface area contributed by atoms with Crippen molar-refractivity contribution in [3.63, 3.8) is 0 Å². The predicted molar refractivity (Wildman–Crippen MR) is 155 cm³/mol. The Bertz CT molecular complexity index is 1610. The van der Waals surface area contributed by atoms with Gasteiger partial charge in [0, 0.05) is 56.5 Å². The molecule has 1 N–H and O–H groups in total. The molecule has 2 aromatic carbocycles. The minimum Gasteiger partial charge on any atom is -0.489 e. The largest absolute Gasteiger partial charge is 0.489 e. The van der Waals surface area contributed by atoms with E-state index < -0.39 is 11.9 Å². The van der Waals surface area contributed by atoms with Crippen molar-refractivity contribution in [1.82, 2.24) is 20.1 Å². The summed E-state index contributed by atoms with van der Waals surface area (Å²) >= 11 is 0. The molecule has 0 saturated carbocycles. The van der Waals surface area contributed by atoms with E-state index in [2.05, 4.69) is 28.4 Å². The Morgan fingerprint density at radius 3 is 2.69 bits per heavy atom. The highest BCUT2D eigenvalue weighted by molar-refractivity contribution is 6.05. The Morgan fingerprint density at radius 1 is 0.929 bits per heavy atom. The molecule has 0 spiro atoms. The molecule has 1 unspecified atom stereocenters. The summed E-state index contributed by atoms with van der Waals surface area (Å²) in [6.07, 6.45) is 4.09. The van der Waals surface area contributed by atoms with Gasteiger partial charge in [0.05, 0.1) is 5.52 Å². The van der Waals surface area contributed by atoms with Crippen LogP contribution in [0.2, 0.25) is 0 Å². The second-order valence-electron chi connectivity index (χ2n) is 11.7. The number of fused-ring (bicyclic) bond motifs is 2. The number of hydrogen-bond acceptors (Lipinski definition) is 7. The van der Waals surface area contributed by atoms with Crippen molar-refractivity contribution in [3.8, 4) is 5.75 Å². The van der Waals surface area contributed by atoms with Crippen molar-refractivity contribution in [2.24, 2.45) is 0 Å². The fourth-order valence-electron chi connectivity index (χ4n) is 6.57. The molecule has 0 bridgehead atoms. The van der Waals surface area contributed by atoms with Gasteiger partial charge < -0.3 is 9.64 Å². The normalized spacial score (nSPS) is 23.0. The molecule has 4 amide bonds. The lowest BCUT2D eigenvalue weighted by Gasteiger charge is -2.29. The summed E-state index contributed by atoms with van der Waals surface area (Å²) in [6.45, 7) is 3.59. The summed E-state index contributed by atoms with van der Waals surface area (Å²) in [5.74, 6) is 0.728. The summed E-state index contributed by atoms with van der Waals surface area (Å²) < 4.78 is 6.33. The van der Waals surface area contributed by atoms with Gasteiger partial charge in [-0.1, -0.05) is 6.07 Å². The number of imide groups is 1. The molecule has 3 saturated heterocycles. The fourth-order valence-corrected chi connectivity index (χ4v) is 6.57. The third-order valence-corrected chi connectivity index (χ3v) is 8.77. The molecule has 10 nitrogen and oxygen atoms in total. The Morgan fingerprint density at radius 2 is 1.83 bits per heavy atom. The van der Waals surface area contributed by atoms with Crippen LogP contribution in [-0.4, -0.2) is 70.2 Å². The van der Waals surface area contributed by atoms with E-state index in [-0.39, 0.29) is 30.2 Å².